The number of fused-ring (bicyclic) bond motifs is 1. The van der Waals surface area contributed by atoms with Gasteiger partial charge in [-0.3, -0.25) is 9.59 Å². The number of rotatable bonds is 9. The van der Waals surface area contributed by atoms with Crippen LogP contribution in [0.4, 0.5) is 0 Å². The average molecular weight is 538 g/mol. The molecule has 3 aliphatic rings. The van der Waals surface area contributed by atoms with Gasteiger partial charge in [0.15, 0.2) is 23.0 Å². The fourth-order valence-electron chi connectivity index (χ4n) is 5.15. The number of ketones is 1. The molecule has 0 aromatic heterocycles. The molecule has 208 valence electrons. The lowest BCUT2D eigenvalue weighted by Gasteiger charge is -2.28. The summed E-state index contributed by atoms with van der Waals surface area (Å²) in [6.07, 6.45) is 2.40. The molecule has 0 aliphatic carbocycles. The van der Waals surface area contributed by atoms with Crippen LogP contribution in [0.1, 0.15) is 50.3 Å². The van der Waals surface area contributed by atoms with Crippen LogP contribution in [0.15, 0.2) is 42.0 Å². The van der Waals surface area contributed by atoms with Gasteiger partial charge in [0.25, 0.3) is 11.7 Å². The molecule has 2 fully saturated rings. The average Bonchev–Trinajstić information content (AvgIpc) is 3.55. The molecular formula is C30H35NO8. The summed E-state index contributed by atoms with van der Waals surface area (Å²) in [5.41, 5.74) is 0.990. The van der Waals surface area contributed by atoms with Crippen molar-refractivity contribution in [1.82, 2.24) is 4.90 Å². The molecule has 2 atom stereocenters. The van der Waals surface area contributed by atoms with Crippen molar-refractivity contribution < 1.29 is 38.4 Å². The van der Waals surface area contributed by atoms with Crippen LogP contribution in [0.3, 0.4) is 0 Å². The predicted molar refractivity (Wildman–Crippen MR) is 143 cm³/mol. The molecule has 0 saturated carbocycles. The van der Waals surface area contributed by atoms with E-state index in [0.29, 0.717) is 66.5 Å². The molecule has 0 bridgehead atoms. The van der Waals surface area contributed by atoms with Gasteiger partial charge in [0.2, 0.25) is 0 Å². The van der Waals surface area contributed by atoms with Crippen LogP contribution >= 0.6 is 0 Å². The van der Waals surface area contributed by atoms with Crippen LogP contribution in [-0.2, 0) is 14.3 Å². The first kappa shape index (κ1) is 26.9. The van der Waals surface area contributed by atoms with Crippen molar-refractivity contribution in [2.75, 3.05) is 40.1 Å². The largest absolute Gasteiger partial charge is 0.507 e. The first-order valence-electron chi connectivity index (χ1n) is 13.5. The maximum absolute atomic E-state index is 13.4. The second-order valence-electron chi connectivity index (χ2n) is 10.4. The number of likely N-dealkylation sites (tertiary alicyclic amines) is 1. The third-order valence-corrected chi connectivity index (χ3v) is 7.24. The zero-order chi connectivity index (χ0) is 27.5. The molecule has 3 heterocycles. The Morgan fingerprint density at radius 3 is 2.56 bits per heavy atom. The number of methoxy groups -OCH3 is 1. The monoisotopic (exact) mass is 537 g/mol. The van der Waals surface area contributed by atoms with Gasteiger partial charge in [0, 0.05) is 18.7 Å². The van der Waals surface area contributed by atoms with Crippen LogP contribution in [0.5, 0.6) is 23.0 Å². The summed E-state index contributed by atoms with van der Waals surface area (Å²) in [5, 5.41) is 11.5. The number of nitrogens with zero attached hydrogens (tertiary/aromatic N) is 1. The number of hydrogen-bond donors (Lipinski definition) is 1. The highest BCUT2D eigenvalue weighted by molar-refractivity contribution is 6.46. The smallest absolute Gasteiger partial charge is 0.295 e. The molecule has 39 heavy (non-hydrogen) atoms. The molecule has 0 spiro atoms. The van der Waals surface area contributed by atoms with E-state index >= 15 is 0 Å². The molecule has 5 rings (SSSR count). The lowest BCUT2D eigenvalue weighted by Crippen LogP contribution is -2.36. The molecule has 2 aromatic rings. The summed E-state index contributed by atoms with van der Waals surface area (Å²) in [4.78, 5) is 28.3. The molecule has 2 unspecified atom stereocenters. The lowest BCUT2D eigenvalue weighted by molar-refractivity contribution is -0.140. The number of ether oxygens (including phenoxy) is 5. The Balaban J connectivity index is 1.56. The minimum absolute atomic E-state index is 0.00482. The number of amides is 1. The van der Waals surface area contributed by atoms with Crippen LogP contribution in [0, 0.1) is 5.92 Å². The Morgan fingerprint density at radius 2 is 1.85 bits per heavy atom. The van der Waals surface area contributed by atoms with E-state index in [1.807, 2.05) is 6.07 Å². The number of benzene rings is 2. The lowest BCUT2D eigenvalue weighted by atomic mass is 9.94. The van der Waals surface area contributed by atoms with Crippen molar-refractivity contribution in [2.45, 2.75) is 45.3 Å². The van der Waals surface area contributed by atoms with E-state index in [4.69, 9.17) is 23.7 Å². The van der Waals surface area contributed by atoms with Gasteiger partial charge >= 0.3 is 0 Å². The number of Topliss-reactive ketones (excluding diaryl/α,β-unsaturated/α-hetero) is 1. The third kappa shape index (κ3) is 5.54. The molecule has 1 amide bonds. The third-order valence-electron chi connectivity index (χ3n) is 7.24. The van der Waals surface area contributed by atoms with Gasteiger partial charge in [0.1, 0.15) is 19.0 Å². The molecule has 9 heteroatoms. The van der Waals surface area contributed by atoms with E-state index in [-0.39, 0.29) is 24.0 Å². The summed E-state index contributed by atoms with van der Waals surface area (Å²) in [6.45, 7) is 6.47. The zero-order valence-electron chi connectivity index (χ0n) is 22.6. The molecule has 2 saturated heterocycles. The standard InChI is InChI=1S/C30H35NO8/c1-18(2)10-12-37-22-8-6-19(15-24(22)35-3)27-26(29(33)30(34)31(27)17-21-5-4-11-36-21)28(32)20-7-9-23-25(16-20)39-14-13-38-23/h6-9,15-16,18,21,27,32H,4-5,10-14,17H2,1-3H3/b28-26+. The number of hydrogen-bond acceptors (Lipinski definition) is 8. The van der Waals surface area contributed by atoms with Crippen molar-refractivity contribution in [1.29, 1.82) is 0 Å². The quantitative estimate of drug-likeness (QED) is 0.284. The van der Waals surface area contributed by atoms with Crippen LogP contribution in [-0.4, -0.2) is 67.9 Å². The Hall–Kier alpha value is -3.72. The summed E-state index contributed by atoms with van der Waals surface area (Å²) in [5.74, 6) is 0.885. The highest BCUT2D eigenvalue weighted by atomic mass is 16.6. The Kier molecular flexibility index (Phi) is 7.97. The molecule has 1 N–H and O–H groups in total. The molecule has 2 aromatic carbocycles. The number of carbonyl (C=O) groups excluding carboxylic acids is 2. The van der Waals surface area contributed by atoms with E-state index < -0.39 is 17.7 Å². The summed E-state index contributed by atoms with van der Waals surface area (Å²) < 4.78 is 28.6. The topological polar surface area (TPSA) is 104 Å². The summed E-state index contributed by atoms with van der Waals surface area (Å²) in [7, 11) is 1.55. The van der Waals surface area contributed by atoms with Crippen molar-refractivity contribution >= 4 is 17.4 Å². The van der Waals surface area contributed by atoms with E-state index in [9.17, 15) is 14.7 Å². The second-order valence-corrected chi connectivity index (χ2v) is 10.4. The van der Waals surface area contributed by atoms with Gasteiger partial charge in [-0.15, -0.1) is 0 Å². The van der Waals surface area contributed by atoms with E-state index in [1.165, 1.54) is 4.90 Å². The first-order valence-corrected chi connectivity index (χ1v) is 13.5. The predicted octanol–water partition coefficient (Wildman–Crippen LogP) is 4.49. The van der Waals surface area contributed by atoms with Crippen molar-refractivity contribution in [3.05, 3.63) is 53.1 Å². The maximum atomic E-state index is 13.4. The molecular weight excluding hydrogens is 502 g/mol. The minimum atomic E-state index is -0.832. The number of aliphatic hydroxyl groups is 1. The first-order chi connectivity index (χ1) is 18.9. The van der Waals surface area contributed by atoms with Gasteiger partial charge in [-0.05, 0) is 61.1 Å². The Morgan fingerprint density at radius 1 is 1.05 bits per heavy atom. The fraction of sp³-hybridized carbons (Fsp3) is 0.467. The van der Waals surface area contributed by atoms with Crippen LogP contribution < -0.4 is 18.9 Å². The van der Waals surface area contributed by atoms with Gasteiger partial charge in [-0.2, -0.15) is 0 Å². The highest BCUT2D eigenvalue weighted by Gasteiger charge is 2.47. The van der Waals surface area contributed by atoms with E-state index in [0.717, 1.165) is 19.3 Å². The molecule has 3 aliphatic heterocycles. The van der Waals surface area contributed by atoms with E-state index in [1.54, 1.807) is 37.4 Å². The SMILES string of the molecule is COc1cc(C2/C(=C(\O)c3ccc4c(c3)OCCO4)C(=O)C(=O)N2CC2CCCO2)ccc1OCCC(C)C. The maximum Gasteiger partial charge on any atom is 0.295 e. The minimum Gasteiger partial charge on any atom is -0.507 e. The second kappa shape index (κ2) is 11.6. The van der Waals surface area contributed by atoms with E-state index in [2.05, 4.69) is 13.8 Å². The van der Waals surface area contributed by atoms with Crippen molar-refractivity contribution in [2.24, 2.45) is 5.92 Å². The van der Waals surface area contributed by atoms with Crippen LogP contribution in [0.2, 0.25) is 0 Å². The fourth-order valence-corrected chi connectivity index (χ4v) is 5.15. The highest BCUT2D eigenvalue weighted by Crippen LogP contribution is 2.43. The van der Waals surface area contributed by atoms with Crippen LogP contribution in [0.25, 0.3) is 5.76 Å². The van der Waals surface area contributed by atoms with Gasteiger partial charge < -0.3 is 33.7 Å². The van der Waals surface area contributed by atoms with Gasteiger partial charge in [-0.1, -0.05) is 19.9 Å². The van der Waals surface area contributed by atoms with Crippen molar-refractivity contribution in [3.63, 3.8) is 0 Å². The normalized spacial score (nSPS) is 22.0. The number of carbonyl (C=O) groups is 2. The Bertz CT molecular complexity index is 1260. The van der Waals surface area contributed by atoms with Gasteiger partial charge in [0.05, 0.1) is 31.4 Å². The molecule has 9 nitrogen and oxygen atoms in total. The van der Waals surface area contributed by atoms with Crippen molar-refractivity contribution in [3.8, 4) is 23.0 Å². The zero-order valence-corrected chi connectivity index (χ0v) is 22.6. The number of aliphatic hydroxyl groups excluding tert-OH is 1. The summed E-state index contributed by atoms with van der Waals surface area (Å²) >= 11 is 0. The molecule has 0 radical (unpaired) electrons. The summed E-state index contributed by atoms with van der Waals surface area (Å²) in [6, 6.07) is 9.49. The van der Waals surface area contributed by atoms with Gasteiger partial charge in [-0.25, -0.2) is 0 Å². The Labute approximate surface area is 228 Å².